The van der Waals surface area contributed by atoms with E-state index in [1.807, 2.05) is 13.8 Å². The molecule has 0 aliphatic rings. The molecule has 0 aromatic rings. The number of rotatable bonds is 11. The maximum atomic E-state index is 11.5. The minimum Gasteiger partial charge on any atom is -0.465 e. The zero-order valence-electron chi connectivity index (χ0n) is 11.6. The van der Waals surface area contributed by atoms with Crippen LogP contribution in [0, 0.1) is 0 Å². The number of carbonyl (C=O) groups excluding carboxylic acids is 2. The van der Waals surface area contributed by atoms with E-state index in [0.717, 1.165) is 23.0 Å². The quantitative estimate of drug-likeness (QED) is 0.332. The maximum Gasteiger partial charge on any atom is 0.334 e. The fourth-order valence-corrected chi connectivity index (χ4v) is 2.08. The molecule has 0 heterocycles. The van der Waals surface area contributed by atoms with E-state index in [1.54, 1.807) is 23.5 Å². The zero-order chi connectivity index (χ0) is 14.5. The summed E-state index contributed by atoms with van der Waals surface area (Å²) in [5, 5.41) is 0. The highest BCUT2D eigenvalue weighted by atomic mass is 32.2. The van der Waals surface area contributed by atoms with Gasteiger partial charge in [0.15, 0.2) is 0 Å². The summed E-state index contributed by atoms with van der Waals surface area (Å²) >= 11 is 3.39. The molecule has 0 aliphatic carbocycles. The van der Waals surface area contributed by atoms with E-state index in [1.165, 1.54) is 0 Å². The highest BCUT2D eigenvalue weighted by molar-refractivity contribution is 7.99. The topological polar surface area (TPSA) is 52.6 Å². The van der Waals surface area contributed by atoms with Crippen molar-refractivity contribution in [2.24, 2.45) is 0 Å². The predicted octanol–water partition coefficient (Wildman–Crippen LogP) is 2.53. The molecule has 0 N–H and O–H groups in total. The molecule has 19 heavy (non-hydrogen) atoms. The van der Waals surface area contributed by atoms with Crippen molar-refractivity contribution < 1.29 is 19.1 Å². The van der Waals surface area contributed by atoms with Crippen molar-refractivity contribution in [2.75, 3.05) is 36.2 Å². The summed E-state index contributed by atoms with van der Waals surface area (Å²) in [7, 11) is 0. The lowest BCUT2D eigenvalue weighted by molar-refractivity contribution is -0.145. The Morgan fingerprint density at radius 1 is 1.00 bits per heavy atom. The van der Waals surface area contributed by atoms with E-state index in [0.29, 0.717) is 13.2 Å². The summed E-state index contributed by atoms with van der Waals surface area (Å²) in [4.78, 5) is 22.9. The zero-order valence-corrected chi connectivity index (χ0v) is 13.2. The smallest absolute Gasteiger partial charge is 0.334 e. The summed E-state index contributed by atoms with van der Waals surface area (Å²) in [6.45, 7) is 8.35. The second-order valence-electron chi connectivity index (χ2n) is 3.53. The molecular formula is C13H22O4S2. The molecular weight excluding hydrogens is 284 g/mol. The van der Waals surface area contributed by atoms with Crippen molar-refractivity contribution in [1.82, 2.24) is 0 Å². The van der Waals surface area contributed by atoms with Crippen molar-refractivity contribution in [3.8, 4) is 0 Å². The monoisotopic (exact) mass is 306 g/mol. The molecule has 0 atom stereocenters. The molecule has 4 nitrogen and oxygen atoms in total. The Kier molecular flexibility index (Phi) is 12.0. The van der Waals surface area contributed by atoms with Crippen LogP contribution >= 0.6 is 23.5 Å². The number of esters is 2. The Morgan fingerprint density at radius 3 is 2.05 bits per heavy atom. The Morgan fingerprint density at radius 2 is 1.53 bits per heavy atom. The van der Waals surface area contributed by atoms with Crippen LogP contribution in [0.1, 0.15) is 20.3 Å². The van der Waals surface area contributed by atoms with Gasteiger partial charge in [-0.1, -0.05) is 20.4 Å². The Bertz CT molecular complexity index is 292. The van der Waals surface area contributed by atoms with Crippen molar-refractivity contribution in [1.29, 1.82) is 0 Å². The molecule has 0 aromatic heterocycles. The van der Waals surface area contributed by atoms with Crippen LogP contribution in [-0.2, 0) is 19.1 Å². The first-order valence-electron chi connectivity index (χ1n) is 6.27. The number of hydrogen-bond donors (Lipinski definition) is 0. The van der Waals surface area contributed by atoms with Gasteiger partial charge in [0.05, 0.1) is 6.42 Å². The van der Waals surface area contributed by atoms with Crippen molar-refractivity contribution in [3.05, 3.63) is 12.2 Å². The first kappa shape index (κ1) is 18.4. The molecule has 0 bridgehead atoms. The first-order chi connectivity index (χ1) is 9.11. The summed E-state index contributed by atoms with van der Waals surface area (Å²) in [5.74, 6) is 2.56. The van der Waals surface area contributed by atoms with Gasteiger partial charge in [0, 0.05) is 17.1 Å². The van der Waals surface area contributed by atoms with Gasteiger partial charge in [0.25, 0.3) is 0 Å². The Hall–Kier alpha value is -0.620. The molecule has 0 unspecified atom stereocenters. The second kappa shape index (κ2) is 12.4. The summed E-state index contributed by atoms with van der Waals surface area (Å²) < 4.78 is 9.95. The van der Waals surface area contributed by atoms with Gasteiger partial charge >= 0.3 is 11.9 Å². The van der Waals surface area contributed by atoms with Gasteiger partial charge in [-0.3, -0.25) is 4.79 Å². The third kappa shape index (κ3) is 10.9. The molecule has 0 rings (SSSR count). The van der Waals surface area contributed by atoms with Crippen LogP contribution in [-0.4, -0.2) is 48.2 Å². The highest BCUT2D eigenvalue weighted by Gasteiger charge is 2.13. The summed E-state index contributed by atoms with van der Waals surface area (Å²) in [6.07, 6.45) is -0.101. The van der Waals surface area contributed by atoms with Gasteiger partial charge in [-0.25, -0.2) is 4.79 Å². The number of hydrogen-bond acceptors (Lipinski definition) is 6. The van der Waals surface area contributed by atoms with Gasteiger partial charge in [-0.15, -0.1) is 0 Å². The number of ether oxygens (including phenoxy) is 2. The molecule has 0 amide bonds. The molecule has 6 heteroatoms. The molecule has 0 spiro atoms. The molecule has 0 fully saturated rings. The minimum atomic E-state index is -0.517. The predicted molar refractivity (Wildman–Crippen MR) is 81.7 cm³/mol. The minimum absolute atomic E-state index is 0.101. The van der Waals surface area contributed by atoms with Gasteiger partial charge in [0.1, 0.15) is 13.2 Å². The standard InChI is InChI=1S/C13H22O4S2/c1-4-18-8-6-16-12(14)10-11(3)13(15)17-7-9-19-5-2/h3-10H2,1-2H3. The lowest BCUT2D eigenvalue weighted by Gasteiger charge is -2.07. The third-order valence-electron chi connectivity index (χ3n) is 2.01. The fraction of sp³-hybridized carbons (Fsp3) is 0.692. The van der Waals surface area contributed by atoms with E-state index in [9.17, 15) is 9.59 Å². The SMILES string of the molecule is C=C(CC(=O)OCCSCC)C(=O)OCCSCC. The van der Waals surface area contributed by atoms with Crippen LogP contribution in [0.25, 0.3) is 0 Å². The van der Waals surface area contributed by atoms with Crippen molar-refractivity contribution in [3.63, 3.8) is 0 Å². The van der Waals surface area contributed by atoms with E-state index in [4.69, 9.17) is 9.47 Å². The largest absolute Gasteiger partial charge is 0.465 e. The van der Waals surface area contributed by atoms with Crippen LogP contribution in [0.3, 0.4) is 0 Å². The number of thioether (sulfide) groups is 2. The molecule has 0 saturated carbocycles. The average molecular weight is 306 g/mol. The second-order valence-corrected chi connectivity index (χ2v) is 6.32. The molecule has 0 saturated heterocycles. The Labute approximate surface area is 123 Å². The molecule has 110 valence electrons. The van der Waals surface area contributed by atoms with Gasteiger partial charge in [-0.2, -0.15) is 23.5 Å². The van der Waals surface area contributed by atoms with Gasteiger partial charge in [0.2, 0.25) is 0 Å². The van der Waals surface area contributed by atoms with Crippen molar-refractivity contribution >= 4 is 35.5 Å². The van der Waals surface area contributed by atoms with Crippen LogP contribution in [0.4, 0.5) is 0 Å². The maximum absolute atomic E-state index is 11.5. The number of carbonyl (C=O) groups is 2. The molecule has 0 radical (unpaired) electrons. The normalized spacial score (nSPS) is 10.0. The molecule has 0 aromatic carbocycles. The third-order valence-corrected chi connectivity index (χ3v) is 3.73. The van der Waals surface area contributed by atoms with Gasteiger partial charge < -0.3 is 9.47 Å². The molecule has 0 aliphatic heterocycles. The van der Waals surface area contributed by atoms with Crippen LogP contribution in [0.5, 0.6) is 0 Å². The lowest BCUT2D eigenvalue weighted by Crippen LogP contribution is -2.15. The van der Waals surface area contributed by atoms with E-state index in [-0.39, 0.29) is 12.0 Å². The summed E-state index contributed by atoms with van der Waals surface area (Å²) in [6, 6.07) is 0. The average Bonchev–Trinajstić information content (AvgIpc) is 2.39. The highest BCUT2D eigenvalue weighted by Crippen LogP contribution is 2.05. The van der Waals surface area contributed by atoms with E-state index < -0.39 is 11.9 Å². The summed E-state index contributed by atoms with van der Waals surface area (Å²) in [5.41, 5.74) is 0.148. The van der Waals surface area contributed by atoms with Crippen LogP contribution in [0.2, 0.25) is 0 Å². The fourth-order valence-electron chi connectivity index (χ4n) is 1.10. The van der Waals surface area contributed by atoms with Gasteiger partial charge in [-0.05, 0) is 11.5 Å². The lowest BCUT2D eigenvalue weighted by atomic mass is 10.2. The first-order valence-corrected chi connectivity index (χ1v) is 8.58. The van der Waals surface area contributed by atoms with E-state index >= 15 is 0 Å². The van der Waals surface area contributed by atoms with Crippen LogP contribution in [0.15, 0.2) is 12.2 Å². The van der Waals surface area contributed by atoms with Crippen LogP contribution < -0.4 is 0 Å². The van der Waals surface area contributed by atoms with E-state index in [2.05, 4.69) is 6.58 Å². The van der Waals surface area contributed by atoms with Crippen molar-refractivity contribution in [2.45, 2.75) is 20.3 Å². The Balaban J connectivity index is 3.70.